The minimum atomic E-state index is -1.25. The van der Waals surface area contributed by atoms with E-state index in [4.69, 9.17) is 0 Å². The van der Waals surface area contributed by atoms with Gasteiger partial charge >= 0.3 is 0 Å². The largest absolute Gasteiger partial charge is 0.381 e. The van der Waals surface area contributed by atoms with Gasteiger partial charge in [0, 0.05) is 11.1 Å². The van der Waals surface area contributed by atoms with Gasteiger partial charge in [-0.25, -0.2) is 0 Å². The highest BCUT2D eigenvalue weighted by molar-refractivity contribution is 5.76. The fraction of sp³-hybridized carbons (Fsp3) is 0.125. The molecule has 2 rings (SSSR count). The van der Waals surface area contributed by atoms with E-state index in [1.165, 1.54) is 0 Å². The van der Waals surface area contributed by atoms with E-state index in [0.29, 0.717) is 22.3 Å². The van der Waals surface area contributed by atoms with Gasteiger partial charge in [-0.15, -0.1) is 0 Å². The number of benzene rings is 2. The maximum atomic E-state index is 10.8. The maximum absolute atomic E-state index is 10.8. The van der Waals surface area contributed by atoms with E-state index in [1.54, 1.807) is 55.5 Å². The second-order valence-electron chi connectivity index (χ2n) is 4.56. The Kier molecular flexibility index (Phi) is 3.58. The Labute approximate surface area is 111 Å². The molecule has 0 aliphatic rings. The van der Waals surface area contributed by atoms with Crippen molar-refractivity contribution in [2.45, 2.75) is 12.5 Å². The van der Waals surface area contributed by atoms with Crippen molar-refractivity contribution in [3.8, 4) is 0 Å². The lowest BCUT2D eigenvalue weighted by molar-refractivity contribution is 0.102. The Hall–Kier alpha value is -2.26. The van der Waals surface area contributed by atoms with Crippen LogP contribution in [0.15, 0.2) is 48.5 Å². The van der Waals surface area contributed by atoms with Crippen LogP contribution in [-0.2, 0) is 5.60 Å². The van der Waals surface area contributed by atoms with Crippen LogP contribution in [0.4, 0.5) is 0 Å². The van der Waals surface area contributed by atoms with Crippen LogP contribution in [0.3, 0.4) is 0 Å². The molecule has 0 radical (unpaired) electrons. The van der Waals surface area contributed by atoms with Gasteiger partial charge in [-0.3, -0.25) is 9.59 Å². The molecule has 0 heterocycles. The number of aliphatic hydroxyl groups is 1. The van der Waals surface area contributed by atoms with Crippen LogP contribution in [0.25, 0.3) is 0 Å². The summed E-state index contributed by atoms with van der Waals surface area (Å²) in [5, 5.41) is 10.7. The summed E-state index contributed by atoms with van der Waals surface area (Å²) in [5.74, 6) is 0. The summed E-state index contributed by atoms with van der Waals surface area (Å²) in [6, 6.07) is 13.6. The molecular weight excluding hydrogens is 240 g/mol. The first-order valence-corrected chi connectivity index (χ1v) is 5.92. The van der Waals surface area contributed by atoms with Crippen molar-refractivity contribution in [3.63, 3.8) is 0 Å². The summed E-state index contributed by atoms with van der Waals surface area (Å²) >= 11 is 0. The fourth-order valence-corrected chi connectivity index (χ4v) is 2.00. The van der Waals surface area contributed by atoms with Gasteiger partial charge in [0.25, 0.3) is 0 Å². The molecule has 0 saturated heterocycles. The number of aldehydes is 2. The van der Waals surface area contributed by atoms with Crippen LogP contribution in [-0.4, -0.2) is 17.7 Å². The molecule has 3 nitrogen and oxygen atoms in total. The highest BCUT2D eigenvalue weighted by Crippen LogP contribution is 2.29. The highest BCUT2D eigenvalue weighted by atomic mass is 16.3. The second-order valence-corrected chi connectivity index (χ2v) is 4.56. The summed E-state index contributed by atoms with van der Waals surface area (Å²) in [5.41, 5.74) is 0.979. The molecule has 0 atom stereocenters. The highest BCUT2D eigenvalue weighted by Gasteiger charge is 2.25. The fourth-order valence-electron chi connectivity index (χ4n) is 2.00. The summed E-state index contributed by atoms with van der Waals surface area (Å²) in [6.07, 6.45) is 1.48. The van der Waals surface area contributed by atoms with Crippen molar-refractivity contribution in [3.05, 3.63) is 70.8 Å². The van der Waals surface area contributed by atoms with Crippen LogP contribution >= 0.6 is 0 Å². The third-order valence-corrected chi connectivity index (χ3v) is 3.17. The summed E-state index contributed by atoms with van der Waals surface area (Å²) in [7, 11) is 0. The maximum Gasteiger partial charge on any atom is 0.150 e. The summed E-state index contributed by atoms with van der Waals surface area (Å²) in [4.78, 5) is 21.6. The van der Waals surface area contributed by atoms with Gasteiger partial charge in [0.15, 0.2) is 0 Å². The zero-order valence-corrected chi connectivity index (χ0v) is 10.5. The van der Waals surface area contributed by atoms with E-state index >= 15 is 0 Å². The monoisotopic (exact) mass is 254 g/mol. The molecule has 0 aromatic heterocycles. The van der Waals surface area contributed by atoms with E-state index in [1.807, 2.05) is 0 Å². The van der Waals surface area contributed by atoms with Crippen molar-refractivity contribution in [1.29, 1.82) is 0 Å². The standard InChI is InChI=1S/C16H14O3/c1-16(19,14-6-2-4-12(8-14)10-17)15-7-3-5-13(9-15)11-18/h2-11,19H,1H3. The van der Waals surface area contributed by atoms with Gasteiger partial charge in [0.1, 0.15) is 18.2 Å². The lowest BCUT2D eigenvalue weighted by Gasteiger charge is -2.25. The van der Waals surface area contributed by atoms with Gasteiger partial charge < -0.3 is 5.11 Å². The molecule has 0 unspecified atom stereocenters. The SMILES string of the molecule is CC(O)(c1cccc(C=O)c1)c1cccc(C=O)c1. The Morgan fingerprint density at radius 1 is 0.895 bits per heavy atom. The predicted octanol–water partition coefficient (Wildman–Crippen LogP) is 2.57. The first-order chi connectivity index (χ1) is 9.07. The molecule has 96 valence electrons. The number of rotatable bonds is 4. The molecule has 19 heavy (non-hydrogen) atoms. The van der Waals surface area contributed by atoms with Crippen molar-refractivity contribution in [1.82, 2.24) is 0 Å². The van der Waals surface area contributed by atoms with Crippen molar-refractivity contribution >= 4 is 12.6 Å². The normalized spacial score (nSPS) is 11.1. The molecule has 0 fully saturated rings. The number of carbonyl (C=O) groups is 2. The van der Waals surface area contributed by atoms with Gasteiger partial charge in [0.2, 0.25) is 0 Å². The Balaban J connectivity index is 2.50. The summed E-state index contributed by atoms with van der Waals surface area (Å²) < 4.78 is 0. The molecule has 0 aliphatic carbocycles. The average molecular weight is 254 g/mol. The molecule has 0 spiro atoms. The second kappa shape index (κ2) is 5.16. The van der Waals surface area contributed by atoms with Crippen LogP contribution in [0.1, 0.15) is 38.8 Å². The summed E-state index contributed by atoms with van der Waals surface area (Å²) in [6.45, 7) is 1.64. The average Bonchev–Trinajstić information content (AvgIpc) is 2.47. The van der Waals surface area contributed by atoms with E-state index in [2.05, 4.69) is 0 Å². The first-order valence-electron chi connectivity index (χ1n) is 5.92. The number of hydrogen-bond acceptors (Lipinski definition) is 3. The van der Waals surface area contributed by atoms with Gasteiger partial charge in [-0.05, 0) is 30.2 Å². The Morgan fingerprint density at radius 3 is 1.68 bits per heavy atom. The van der Waals surface area contributed by atoms with Crippen molar-refractivity contribution in [2.24, 2.45) is 0 Å². The van der Waals surface area contributed by atoms with Crippen LogP contribution < -0.4 is 0 Å². The van der Waals surface area contributed by atoms with Gasteiger partial charge in [-0.2, -0.15) is 0 Å². The number of hydrogen-bond donors (Lipinski definition) is 1. The lowest BCUT2D eigenvalue weighted by Crippen LogP contribution is -2.23. The van der Waals surface area contributed by atoms with Crippen molar-refractivity contribution in [2.75, 3.05) is 0 Å². The molecule has 2 aromatic rings. The van der Waals surface area contributed by atoms with E-state index in [0.717, 1.165) is 12.6 Å². The molecule has 0 amide bonds. The Bertz CT molecular complexity index is 561. The molecule has 0 aliphatic heterocycles. The molecular formula is C16H14O3. The molecule has 0 bridgehead atoms. The zero-order chi connectivity index (χ0) is 13.9. The van der Waals surface area contributed by atoms with E-state index in [-0.39, 0.29) is 0 Å². The minimum absolute atomic E-state index is 0.504. The zero-order valence-electron chi connectivity index (χ0n) is 10.5. The lowest BCUT2D eigenvalue weighted by atomic mass is 9.87. The molecule has 1 N–H and O–H groups in total. The van der Waals surface area contributed by atoms with Crippen molar-refractivity contribution < 1.29 is 14.7 Å². The molecule has 3 heteroatoms. The van der Waals surface area contributed by atoms with Gasteiger partial charge in [0.05, 0.1) is 0 Å². The minimum Gasteiger partial charge on any atom is -0.381 e. The molecule has 2 aromatic carbocycles. The topological polar surface area (TPSA) is 54.4 Å². The quantitative estimate of drug-likeness (QED) is 0.853. The van der Waals surface area contributed by atoms with Crippen LogP contribution in [0, 0.1) is 0 Å². The van der Waals surface area contributed by atoms with Gasteiger partial charge in [-0.1, -0.05) is 36.4 Å². The Morgan fingerprint density at radius 2 is 1.32 bits per heavy atom. The van der Waals surface area contributed by atoms with Crippen LogP contribution in [0.5, 0.6) is 0 Å². The third-order valence-electron chi connectivity index (χ3n) is 3.17. The smallest absolute Gasteiger partial charge is 0.150 e. The predicted molar refractivity (Wildman–Crippen MR) is 72.3 cm³/mol. The molecule has 0 saturated carbocycles. The van der Waals surface area contributed by atoms with Crippen LogP contribution in [0.2, 0.25) is 0 Å². The number of carbonyl (C=O) groups excluding carboxylic acids is 2. The van der Waals surface area contributed by atoms with E-state index < -0.39 is 5.60 Å². The van der Waals surface area contributed by atoms with E-state index in [9.17, 15) is 14.7 Å². The third kappa shape index (κ3) is 2.61. The first kappa shape index (κ1) is 13.2.